The maximum Gasteiger partial charge on any atom is 0.323 e. The number of anilines is 1. The molecule has 0 radical (unpaired) electrons. The first kappa shape index (κ1) is 33.1. The van der Waals surface area contributed by atoms with E-state index < -0.39 is 21.7 Å². The summed E-state index contributed by atoms with van der Waals surface area (Å²) in [5, 5.41) is 15.5. The largest absolute Gasteiger partial charge is 0.489 e. The molecule has 1 heterocycles. The standard InChI is InChI=1S/C30H40N6O6S/c1-5-41-28(37)20-43(39,40)36(15-7-9-22-8-6-10-23(18-22)29(32)33)24-11-12-27(26(19-24)30(38)34(3)4)42-25-13-16-35(17-14-25)21(2)31/h6-12,18-19,25,31H,5,13-17,20H2,1-4H3,(H3,32,33). The van der Waals surface area contributed by atoms with Gasteiger partial charge in [-0.15, -0.1) is 0 Å². The van der Waals surface area contributed by atoms with Gasteiger partial charge in [-0.2, -0.15) is 0 Å². The number of carbonyl (C=O) groups is 2. The van der Waals surface area contributed by atoms with Crippen LogP contribution in [0.15, 0.2) is 48.5 Å². The Hall–Kier alpha value is -4.39. The summed E-state index contributed by atoms with van der Waals surface area (Å²) in [6, 6.07) is 11.5. The number of hydrogen-bond acceptors (Lipinski definition) is 8. The number of amidine groups is 2. The van der Waals surface area contributed by atoms with E-state index in [0.29, 0.717) is 48.6 Å². The quantitative estimate of drug-likeness (QED) is 0.187. The predicted octanol–water partition coefficient (Wildman–Crippen LogP) is 2.93. The molecule has 0 spiro atoms. The van der Waals surface area contributed by atoms with Crippen molar-refractivity contribution in [3.8, 4) is 5.75 Å². The van der Waals surface area contributed by atoms with Crippen LogP contribution in [0.1, 0.15) is 48.2 Å². The number of esters is 1. The van der Waals surface area contributed by atoms with Gasteiger partial charge in [-0.1, -0.05) is 30.4 Å². The summed E-state index contributed by atoms with van der Waals surface area (Å²) in [5.74, 6) is -1.41. The Labute approximate surface area is 253 Å². The Balaban J connectivity index is 1.97. The summed E-state index contributed by atoms with van der Waals surface area (Å²) in [6.07, 6.45) is 4.46. The number of nitrogen functional groups attached to an aromatic ring is 1. The van der Waals surface area contributed by atoms with Crippen molar-refractivity contribution in [1.82, 2.24) is 9.80 Å². The number of hydrogen-bond donors (Lipinski definition) is 3. The minimum absolute atomic E-state index is 0.0343. The summed E-state index contributed by atoms with van der Waals surface area (Å²) >= 11 is 0. The zero-order valence-corrected chi connectivity index (χ0v) is 25.8. The molecule has 12 nitrogen and oxygen atoms in total. The number of amides is 1. The van der Waals surface area contributed by atoms with Crippen molar-refractivity contribution in [2.24, 2.45) is 5.73 Å². The molecule has 2 aromatic carbocycles. The molecule has 4 N–H and O–H groups in total. The summed E-state index contributed by atoms with van der Waals surface area (Å²) in [5.41, 5.74) is 7.17. The van der Waals surface area contributed by atoms with Gasteiger partial charge in [0.2, 0.25) is 10.0 Å². The van der Waals surface area contributed by atoms with E-state index in [0.717, 1.165) is 4.31 Å². The minimum Gasteiger partial charge on any atom is -0.489 e. The fourth-order valence-electron chi connectivity index (χ4n) is 4.58. The van der Waals surface area contributed by atoms with Gasteiger partial charge in [-0.3, -0.25) is 24.7 Å². The van der Waals surface area contributed by atoms with Gasteiger partial charge in [0.05, 0.1) is 30.2 Å². The number of likely N-dealkylation sites (tertiary alicyclic amines) is 1. The van der Waals surface area contributed by atoms with E-state index in [1.54, 1.807) is 76.5 Å². The molecule has 1 aliphatic rings. The number of piperidine rings is 1. The van der Waals surface area contributed by atoms with Crippen molar-refractivity contribution in [1.29, 1.82) is 10.8 Å². The zero-order chi connectivity index (χ0) is 31.7. The van der Waals surface area contributed by atoms with E-state index in [2.05, 4.69) is 0 Å². The third kappa shape index (κ3) is 9.05. The van der Waals surface area contributed by atoms with Crippen molar-refractivity contribution in [3.63, 3.8) is 0 Å². The van der Waals surface area contributed by atoms with Crippen LogP contribution >= 0.6 is 0 Å². The molecule has 13 heteroatoms. The average Bonchev–Trinajstić information content (AvgIpc) is 2.95. The van der Waals surface area contributed by atoms with Crippen molar-refractivity contribution < 1.29 is 27.5 Å². The minimum atomic E-state index is -4.23. The third-order valence-corrected chi connectivity index (χ3v) is 8.45. The van der Waals surface area contributed by atoms with Crippen molar-refractivity contribution in [3.05, 3.63) is 65.2 Å². The molecule has 1 fully saturated rings. The second-order valence-electron chi connectivity index (χ2n) is 10.3. The van der Waals surface area contributed by atoms with Crippen LogP contribution < -0.4 is 14.8 Å². The molecule has 1 aliphatic heterocycles. The van der Waals surface area contributed by atoms with E-state index in [-0.39, 0.29) is 42.2 Å². The van der Waals surface area contributed by atoms with Crippen molar-refractivity contribution in [2.75, 3.05) is 50.4 Å². The van der Waals surface area contributed by atoms with E-state index in [4.69, 9.17) is 26.0 Å². The van der Waals surface area contributed by atoms with Gasteiger partial charge in [-0.25, -0.2) is 8.42 Å². The normalized spacial score (nSPS) is 13.9. The highest BCUT2D eigenvalue weighted by atomic mass is 32.2. The van der Waals surface area contributed by atoms with E-state index in [1.807, 2.05) is 4.90 Å². The number of sulfonamides is 1. The van der Waals surface area contributed by atoms with Crippen LogP contribution in [-0.2, 0) is 19.6 Å². The summed E-state index contributed by atoms with van der Waals surface area (Å²) in [6.45, 7) is 4.55. The molecular formula is C30H40N6O6S. The zero-order valence-electron chi connectivity index (χ0n) is 25.0. The smallest absolute Gasteiger partial charge is 0.323 e. The molecule has 43 heavy (non-hydrogen) atoms. The van der Waals surface area contributed by atoms with Gasteiger partial charge >= 0.3 is 5.97 Å². The fraction of sp³-hybridized carbons (Fsp3) is 0.400. The van der Waals surface area contributed by atoms with Gasteiger partial charge in [0, 0.05) is 45.6 Å². The van der Waals surface area contributed by atoms with E-state index >= 15 is 0 Å². The summed E-state index contributed by atoms with van der Waals surface area (Å²) < 4.78 is 39.2. The van der Waals surface area contributed by atoms with Crippen LogP contribution in [0.3, 0.4) is 0 Å². The Kier molecular flexibility index (Phi) is 11.3. The first-order valence-corrected chi connectivity index (χ1v) is 15.5. The molecule has 1 saturated heterocycles. The molecule has 2 aromatic rings. The average molecular weight is 613 g/mol. The maximum atomic E-state index is 13.5. The summed E-state index contributed by atoms with van der Waals surface area (Å²) in [7, 11) is -1.04. The first-order valence-electron chi connectivity index (χ1n) is 13.9. The highest BCUT2D eigenvalue weighted by Crippen LogP contribution is 2.30. The first-order chi connectivity index (χ1) is 20.3. The molecule has 0 bridgehead atoms. The Morgan fingerprint density at radius 1 is 1.12 bits per heavy atom. The molecule has 0 saturated carbocycles. The maximum absolute atomic E-state index is 13.5. The number of nitrogens with two attached hydrogens (primary N) is 1. The number of nitrogens with one attached hydrogen (secondary N) is 2. The van der Waals surface area contributed by atoms with Crippen LogP contribution in [0.2, 0.25) is 0 Å². The predicted molar refractivity (Wildman–Crippen MR) is 167 cm³/mol. The Morgan fingerprint density at radius 2 is 1.81 bits per heavy atom. The van der Waals surface area contributed by atoms with Crippen LogP contribution in [0.25, 0.3) is 6.08 Å². The number of rotatable bonds is 12. The SMILES string of the molecule is CCOC(=O)CS(=O)(=O)N(CC=Cc1cccc(C(=N)N)c1)c1ccc(OC2CCN(C(C)=N)CC2)c(C(=O)N(C)C)c1. The second-order valence-corrected chi connectivity index (χ2v) is 12.2. The third-order valence-electron chi connectivity index (χ3n) is 6.82. The lowest BCUT2D eigenvalue weighted by Crippen LogP contribution is -2.40. The van der Waals surface area contributed by atoms with Gasteiger partial charge in [0.15, 0.2) is 5.75 Å². The van der Waals surface area contributed by atoms with Gasteiger partial charge in [0.1, 0.15) is 17.7 Å². The molecule has 3 rings (SSSR count). The van der Waals surface area contributed by atoms with E-state index in [9.17, 15) is 18.0 Å². The molecule has 0 unspecified atom stereocenters. The highest BCUT2D eigenvalue weighted by molar-refractivity contribution is 7.93. The van der Waals surface area contributed by atoms with Crippen LogP contribution in [0.5, 0.6) is 5.75 Å². The monoisotopic (exact) mass is 612 g/mol. The number of carbonyl (C=O) groups excluding carboxylic acids is 2. The molecule has 1 amide bonds. The van der Waals surface area contributed by atoms with Gasteiger partial charge in [0.25, 0.3) is 5.91 Å². The van der Waals surface area contributed by atoms with E-state index in [1.165, 1.54) is 11.0 Å². The van der Waals surface area contributed by atoms with Crippen LogP contribution in [-0.4, -0.2) is 94.0 Å². The fourth-order valence-corrected chi connectivity index (χ4v) is 5.86. The molecular weight excluding hydrogens is 572 g/mol. The van der Waals surface area contributed by atoms with Gasteiger partial charge < -0.3 is 25.0 Å². The van der Waals surface area contributed by atoms with Crippen LogP contribution in [0.4, 0.5) is 5.69 Å². The van der Waals surface area contributed by atoms with Crippen molar-refractivity contribution >= 4 is 45.3 Å². The summed E-state index contributed by atoms with van der Waals surface area (Å²) in [4.78, 5) is 28.8. The lowest BCUT2D eigenvalue weighted by Gasteiger charge is -2.33. The molecule has 232 valence electrons. The number of ether oxygens (including phenoxy) is 2. The highest BCUT2D eigenvalue weighted by Gasteiger charge is 2.29. The van der Waals surface area contributed by atoms with Crippen molar-refractivity contribution in [2.45, 2.75) is 32.8 Å². The Morgan fingerprint density at radius 3 is 2.42 bits per heavy atom. The topological polar surface area (TPSA) is 170 Å². The van der Waals surface area contributed by atoms with Crippen LogP contribution in [0, 0.1) is 10.8 Å². The number of benzene rings is 2. The molecule has 0 aliphatic carbocycles. The lowest BCUT2D eigenvalue weighted by molar-refractivity contribution is -0.139. The Bertz CT molecular complexity index is 1480. The number of nitrogens with zero attached hydrogens (tertiary/aromatic N) is 3. The molecule has 0 atom stereocenters. The van der Waals surface area contributed by atoms with Gasteiger partial charge in [-0.05, 0) is 43.7 Å². The second kappa shape index (κ2) is 14.7. The molecule has 0 aromatic heterocycles. The lowest BCUT2D eigenvalue weighted by atomic mass is 10.1.